The Morgan fingerprint density at radius 1 is 1.24 bits per heavy atom. The molecule has 0 atom stereocenters. The van der Waals surface area contributed by atoms with E-state index in [-0.39, 0.29) is 12.0 Å². The summed E-state index contributed by atoms with van der Waals surface area (Å²) in [6, 6.07) is 13.7. The van der Waals surface area contributed by atoms with Crippen LogP contribution in [0.2, 0.25) is 0 Å². The van der Waals surface area contributed by atoms with Crippen molar-refractivity contribution >= 4 is 39.2 Å². The Morgan fingerprint density at radius 3 is 2.88 bits per heavy atom. The van der Waals surface area contributed by atoms with Gasteiger partial charge in [0.1, 0.15) is 6.10 Å². The third-order valence-electron chi connectivity index (χ3n) is 3.94. The van der Waals surface area contributed by atoms with Crippen LogP contribution in [0.4, 0.5) is 0 Å². The Labute approximate surface area is 154 Å². The van der Waals surface area contributed by atoms with Crippen molar-refractivity contribution < 1.29 is 9.53 Å². The SMILES string of the molecule is Cc1cccc(OC2CN(C(=O)CSc3nc4ccccc4s3)C2)n1. The summed E-state index contributed by atoms with van der Waals surface area (Å²) in [4.78, 5) is 23.0. The van der Waals surface area contributed by atoms with Crippen molar-refractivity contribution in [3.8, 4) is 5.88 Å². The number of hydrogen-bond donors (Lipinski definition) is 0. The molecule has 2 aromatic heterocycles. The zero-order chi connectivity index (χ0) is 17.2. The Morgan fingerprint density at radius 2 is 2.08 bits per heavy atom. The highest BCUT2D eigenvalue weighted by atomic mass is 32.2. The second-order valence-electron chi connectivity index (χ2n) is 5.89. The number of thioether (sulfide) groups is 1. The maximum atomic E-state index is 12.3. The first-order chi connectivity index (χ1) is 12.2. The molecule has 1 amide bonds. The zero-order valence-corrected chi connectivity index (χ0v) is 15.3. The van der Waals surface area contributed by atoms with Crippen LogP contribution in [0.5, 0.6) is 5.88 Å². The number of aromatic nitrogens is 2. The predicted octanol–water partition coefficient (Wildman–Crippen LogP) is 3.38. The molecule has 3 aromatic rings. The molecule has 1 saturated heterocycles. The van der Waals surface area contributed by atoms with E-state index >= 15 is 0 Å². The molecule has 1 aromatic carbocycles. The molecule has 25 heavy (non-hydrogen) atoms. The minimum absolute atomic E-state index is 0.0331. The maximum Gasteiger partial charge on any atom is 0.233 e. The standard InChI is InChI=1S/C18H17N3O2S2/c1-12-5-4-8-16(19-12)23-13-9-21(10-13)17(22)11-24-18-20-14-6-2-3-7-15(14)25-18/h2-8,13H,9-11H2,1H3. The summed E-state index contributed by atoms with van der Waals surface area (Å²) in [5.41, 5.74) is 1.92. The number of rotatable bonds is 5. The fourth-order valence-corrected chi connectivity index (χ4v) is 4.57. The lowest BCUT2D eigenvalue weighted by Gasteiger charge is -2.38. The lowest BCUT2D eigenvalue weighted by atomic mass is 10.1. The number of hydrogen-bond acceptors (Lipinski definition) is 6. The van der Waals surface area contributed by atoms with Crippen LogP contribution in [0, 0.1) is 6.92 Å². The van der Waals surface area contributed by atoms with E-state index in [9.17, 15) is 4.79 Å². The van der Waals surface area contributed by atoms with Crippen LogP contribution < -0.4 is 4.74 Å². The number of ether oxygens (including phenoxy) is 1. The molecule has 0 saturated carbocycles. The summed E-state index contributed by atoms with van der Waals surface area (Å²) in [5.74, 6) is 1.16. The quantitative estimate of drug-likeness (QED) is 0.644. The number of fused-ring (bicyclic) bond motifs is 1. The minimum atomic E-state index is 0.0331. The van der Waals surface area contributed by atoms with Crippen molar-refractivity contribution in [2.45, 2.75) is 17.4 Å². The molecule has 1 aliphatic rings. The van der Waals surface area contributed by atoms with E-state index < -0.39 is 0 Å². The molecule has 4 rings (SSSR count). The van der Waals surface area contributed by atoms with Crippen molar-refractivity contribution in [3.05, 3.63) is 48.2 Å². The summed E-state index contributed by atoms with van der Waals surface area (Å²) in [6.07, 6.45) is 0.0331. The number of carbonyl (C=O) groups is 1. The van der Waals surface area contributed by atoms with Gasteiger partial charge in [0.25, 0.3) is 0 Å². The van der Waals surface area contributed by atoms with E-state index in [4.69, 9.17) is 4.74 Å². The molecule has 1 fully saturated rings. The van der Waals surface area contributed by atoms with Crippen molar-refractivity contribution in [1.82, 2.24) is 14.9 Å². The normalized spacial score (nSPS) is 14.5. The number of likely N-dealkylation sites (tertiary alicyclic amines) is 1. The highest BCUT2D eigenvalue weighted by molar-refractivity contribution is 8.01. The van der Waals surface area contributed by atoms with E-state index in [0.29, 0.717) is 24.7 Å². The average Bonchev–Trinajstić information content (AvgIpc) is 2.98. The molecule has 0 spiro atoms. The fourth-order valence-electron chi connectivity index (χ4n) is 2.60. The van der Waals surface area contributed by atoms with Gasteiger partial charge in [-0.3, -0.25) is 4.79 Å². The summed E-state index contributed by atoms with van der Waals surface area (Å²) >= 11 is 3.13. The number of amides is 1. The van der Waals surface area contributed by atoms with Gasteiger partial charge in [-0.1, -0.05) is 30.0 Å². The van der Waals surface area contributed by atoms with Crippen molar-refractivity contribution in [3.63, 3.8) is 0 Å². The predicted molar refractivity (Wildman–Crippen MR) is 100 cm³/mol. The third kappa shape index (κ3) is 3.77. The second kappa shape index (κ2) is 7.01. The van der Waals surface area contributed by atoms with Gasteiger partial charge in [-0.15, -0.1) is 11.3 Å². The number of carbonyl (C=O) groups excluding carboxylic acids is 1. The molecule has 128 valence electrons. The largest absolute Gasteiger partial charge is 0.471 e. The van der Waals surface area contributed by atoms with Gasteiger partial charge in [0.2, 0.25) is 11.8 Å². The fraction of sp³-hybridized carbons (Fsp3) is 0.278. The smallest absolute Gasteiger partial charge is 0.233 e. The molecule has 0 bridgehead atoms. The van der Waals surface area contributed by atoms with Gasteiger partial charge in [0.15, 0.2) is 4.34 Å². The molecular weight excluding hydrogens is 354 g/mol. The van der Waals surface area contributed by atoms with Gasteiger partial charge in [-0.2, -0.15) is 0 Å². The third-order valence-corrected chi connectivity index (χ3v) is 6.11. The van der Waals surface area contributed by atoms with Crippen molar-refractivity contribution in [1.29, 1.82) is 0 Å². The van der Waals surface area contributed by atoms with Gasteiger partial charge in [-0.25, -0.2) is 9.97 Å². The minimum Gasteiger partial charge on any atom is -0.471 e. The summed E-state index contributed by atoms with van der Waals surface area (Å²) in [6.45, 7) is 3.17. The number of pyridine rings is 1. The Bertz CT molecular complexity index is 873. The number of para-hydroxylation sites is 1. The van der Waals surface area contributed by atoms with Gasteiger partial charge < -0.3 is 9.64 Å². The molecule has 0 radical (unpaired) electrons. The van der Waals surface area contributed by atoms with E-state index in [1.807, 2.05) is 48.2 Å². The summed E-state index contributed by atoms with van der Waals surface area (Å²) in [5, 5.41) is 0. The monoisotopic (exact) mass is 371 g/mol. The first-order valence-corrected chi connectivity index (χ1v) is 9.84. The van der Waals surface area contributed by atoms with Gasteiger partial charge in [-0.05, 0) is 25.1 Å². The highest BCUT2D eigenvalue weighted by Gasteiger charge is 2.32. The number of nitrogens with zero attached hydrogens (tertiary/aromatic N) is 3. The first-order valence-electron chi connectivity index (χ1n) is 8.04. The van der Waals surface area contributed by atoms with Gasteiger partial charge in [0.05, 0.1) is 29.1 Å². The van der Waals surface area contributed by atoms with Crippen LogP contribution in [0.15, 0.2) is 46.8 Å². The summed E-state index contributed by atoms with van der Waals surface area (Å²) < 4.78 is 7.88. The van der Waals surface area contributed by atoms with E-state index in [2.05, 4.69) is 16.0 Å². The lowest BCUT2D eigenvalue weighted by molar-refractivity contribution is -0.137. The van der Waals surface area contributed by atoms with Crippen molar-refractivity contribution in [2.75, 3.05) is 18.8 Å². The molecule has 0 unspecified atom stereocenters. The van der Waals surface area contributed by atoms with Crippen LogP contribution in [0.1, 0.15) is 5.69 Å². The number of thiazole rings is 1. The number of benzene rings is 1. The van der Waals surface area contributed by atoms with E-state index in [0.717, 1.165) is 20.3 Å². The van der Waals surface area contributed by atoms with E-state index in [1.54, 1.807) is 11.3 Å². The van der Waals surface area contributed by atoms with Crippen LogP contribution in [-0.4, -0.2) is 45.7 Å². The molecule has 0 N–H and O–H groups in total. The molecular formula is C18H17N3O2S2. The Kier molecular flexibility index (Phi) is 4.59. The first kappa shape index (κ1) is 16.4. The van der Waals surface area contributed by atoms with Crippen LogP contribution in [0.25, 0.3) is 10.2 Å². The highest BCUT2D eigenvalue weighted by Crippen LogP contribution is 2.29. The Balaban J connectivity index is 1.26. The van der Waals surface area contributed by atoms with Crippen LogP contribution >= 0.6 is 23.1 Å². The molecule has 7 heteroatoms. The number of aryl methyl sites for hydroxylation is 1. The van der Waals surface area contributed by atoms with Gasteiger partial charge in [0, 0.05) is 11.8 Å². The second-order valence-corrected chi connectivity index (χ2v) is 8.15. The summed E-state index contributed by atoms with van der Waals surface area (Å²) in [7, 11) is 0. The van der Waals surface area contributed by atoms with Crippen LogP contribution in [0.3, 0.4) is 0 Å². The Hall–Kier alpha value is -2.12. The molecule has 3 heterocycles. The molecule has 1 aliphatic heterocycles. The average molecular weight is 371 g/mol. The van der Waals surface area contributed by atoms with Crippen molar-refractivity contribution in [2.24, 2.45) is 0 Å². The van der Waals surface area contributed by atoms with E-state index in [1.165, 1.54) is 11.8 Å². The molecule has 5 nitrogen and oxygen atoms in total. The van der Waals surface area contributed by atoms with Crippen LogP contribution in [-0.2, 0) is 4.79 Å². The van der Waals surface area contributed by atoms with Gasteiger partial charge >= 0.3 is 0 Å². The zero-order valence-electron chi connectivity index (χ0n) is 13.7. The topological polar surface area (TPSA) is 55.3 Å². The maximum absolute atomic E-state index is 12.3. The molecule has 0 aliphatic carbocycles. The lowest BCUT2D eigenvalue weighted by Crippen LogP contribution is -2.56.